The molecule has 3 nitrogen and oxygen atoms in total. The van der Waals surface area contributed by atoms with Crippen molar-refractivity contribution < 1.29 is 4.74 Å². The number of nitrogens with zero attached hydrogens (tertiary/aromatic N) is 1. The van der Waals surface area contributed by atoms with Gasteiger partial charge in [0.25, 0.3) is 0 Å². The zero-order valence-corrected chi connectivity index (χ0v) is 11.1. The highest BCUT2D eigenvalue weighted by atomic mass is 32.1. The Hall–Kier alpha value is -1.29. The quantitative estimate of drug-likeness (QED) is 0.902. The van der Waals surface area contributed by atoms with E-state index >= 15 is 0 Å². The van der Waals surface area contributed by atoms with Crippen LogP contribution in [-0.4, -0.2) is 18.1 Å². The Balaban J connectivity index is 1.86. The minimum Gasteiger partial charge on any atom is -0.497 e. The molecule has 0 radical (unpaired) electrons. The standard InChI is InChI=1S/C13H16N2OS/c1-13(2)7-11(13)15-12-14-9-5-4-8(16-3)6-10(9)17-12/h4-6,11H,7H2,1-3H3,(H,14,15). The number of methoxy groups -OCH3 is 1. The van der Waals surface area contributed by atoms with E-state index in [2.05, 4.69) is 24.1 Å². The first-order chi connectivity index (χ1) is 8.08. The van der Waals surface area contributed by atoms with Gasteiger partial charge in [-0.1, -0.05) is 25.2 Å². The molecule has 1 unspecified atom stereocenters. The number of fused-ring (bicyclic) bond motifs is 1. The molecule has 1 saturated carbocycles. The molecule has 1 fully saturated rings. The molecule has 1 N–H and O–H groups in total. The van der Waals surface area contributed by atoms with Crippen LogP contribution in [0.15, 0.2) is 18.2 Å². The molecule has 0 spiro atoms. The largest absolute Gasteiger partial charge is 0.497 e. The fourth-order valence-electron chi connectivity index (χ4n) is 1.96. The molecule has 0 bridgehead atoms. The molecule has 1 heterocycles. The number of hydrogen-bond donors (Lipinski definition) is 1. The molecule has 1 aliphatic rings. The van der Waals surface area contributed by atoms with Gasteiger partial charge in [-0.2, -0.15) is 0 Å². The maximum absolute atomic E-state index is 5.22. The van der Waals surface area contributed by atoms with Crippen molar-refractivity contribution in [1.82, 2.24) is 4.98 Å². The summed E-state index contributed by atoms with van der Waals surface area (Å²) in [5, 5.41) is 4.52. The summed E-state index contributed by atoms with van der Waals surface area (Å²) in [6, 6.07) is 6.57. The number of rotatable bonds is 3. The Morgan fingerprint density at radius 3 is 2.88 bits per heavy atom. The first-order valence-electron chi connectivity index (χ1n) is 5.80. The number of thiazole rings is 1. The molecule has 1 aliphatic carbocycles. The molecule has 90 valence electrons. The Morgan fingerprint density at radius 1 is 1.47 bits per heavy atom. The van der Waals surface area contributed by atoms with Gasteiger partial charge >= 0.3 is 0 Å². The number of hydrogen-bond acceptors (Lipinski definition) is 4. The van der Waals surface area contributed by atoms with Gasteiger partial charge in [0.2, 0.25) is 0 Å². The average Bonchev–Trinajstić information content (AvgIpc) is 2.74. The van der Waals surface area contributed by atoms with Gasteiger partial charge in [0.15, 0.2) is 5.13 Å². The van der Waals surface area contributed by atoms with Crippen LogP contribution in [0.25, 0.3) is 10.2 Å². The van der Waals surface area contributed by atoms with Gasteiger partial charge in [0, 0.05) is 6.04 Å². The third kappa shape index (κ3) is 1.97. The molecular formula is C13H16N2OS. The van der Waals surface area contributed by atoms with E-state index in [0.29, 0.717) is 11.5 Å². The third-order valence-corrected chi connectivity index (χ3v) is 4.36. The van der Waals surface area contributed by atoms with Gasteiger partial charge in [-0.05, 0) is 30.0 Å². The first-order valence-corrected chi connectivity index (χ1v) is 6.61. The van der Waals surface area contributed by atoms with Crippen LogP contribution in [0.4, 0.5) is 5.13 Å². The summed E-state index contributed by atoms with van der Waals surface area (Å²) < 4.78 is 6.39. The van der Waals surface area contributed by atoms with E-state index in [0.717, 1.165) is 16.4 Å². The maximum Gasteiger partial charge on any atom is 0.184 e. The summed E-state index contributed by atoms with van der Waals surface area (Å²) in [5.74, 6) is 0.888. The SMILES string of the molecule is COc1ccc2nc(NC3CC3(C)C)sc2c1. The Labute approximate surface area is 105 Å². The molecule has 1 aromatic carbocycles. The second kappa shape index (κ2) is 3.60. The van der Waals surface area contributed by atoms with E-state index in [-0.39, 0.29) is 0 Å². The first kappa shape index (κ1) is 10.8. The van der Waals surface area contributed by atoms with Crippen molar-refractivity contribution in [3.63, 3.8) is 0 Å². The van der Waals surface area contributed by atoms with Crippen LogP contribution in [0.1, 0.15) is 20.3 Å². The van der Waals surface area contributed by atoms with Crippen molar-refractivity contribution in [2.75, 3.05) is 12.4 Å². The minimum atomic E-state index is 0.426. The normalized spacial score (nSPS) is 21.5. The second-order valence-electron chi connectivity index (χ2n) is 5.24. The van der Waals surface area contributed by atoms with Crippen LogP contribution in [0.5, 0.6) is 5.75 Å². The molecule has 1 aromatic heterocycles. The summed E-state index contributed by atoms with van der Waals surface area (Å²) in [6.45, 7) is 4.56. The Bertz CT molecular complexity index is 562. The summed E-state index contributed by atoms with van der Waals surface area (Å²) in [6.07, 6.45) is 1.23. The molecule has 0 amide bonds. The van der Waals surface area contributed by atoms with E-state index in [1.165, 1.54) is 11.1 Å². The molecule has 0 aliphatic heterocycles. The molecule has 1 atom stereocenters. The molecular weight excluding hydrogens is 232 g/mol. The number of anilines is 1. The highest BCUT2D eigenvalue weighted by Crippen LogP contribution is 2.47. The molecule has 17 heavy (non-hydrogen) atoms. The Morgan fingerprint density at radius 2 is 2.24 bits per heavy atom. The molecule has 2 aromatic rings. The van der Waals surface area contributed by atoms with Crippen LogP contribution < -0.4 is 10.1 Å². The van der Waals surface area contributed by atoms with E-state index in [1.807, 2.05) is 18.2 Å². The molecule has 3 rings (SSSR count). The van der Waals surface area contributed by atoms with Crippen LogP contribution in [0, 0.1) is 5.41 Å². The number of benzene rings is 1. The summed E-state index contributed by atoms with van der Waals surface area (Å²) in [7, 11) is 1.69. The van der Waals surface area contributed by atoms with E-state index in [1.54, 1.807) is 18.4 Å². The lowest BCUT2D eigenvalue weighted by Crippen LogP contribution is -2.07. The smallest absolute Gasteiger partial charge is 0.184 e. The van der Waals surface area contributed by atoms with Crippen LogP contribution >= 0.6 is 11.3 Å². The third-order valence-electron chi connectivity index (χ3n) is 3.41. The van der Waals surface area contributed by atoms with Gasteiger partial charge in [0.1, 0.15) is 5.75 Å². The highest BCUT2D eigenvalue weighted by Gasteiger charge is 2.46. The summed E-state index contributed by atoms with van der Waals surface area (Å²) >= 11 is 1.69. The lowest BCUT2D eigenvalue weighted by atomic mass is 10.2. The fraction of sp³-hybridized carbons (Fsp3) is 0.462. The average molecular weight is 248 g/mol. The lowest BCUT2D eigenvalue weighted by molar-refractivity contribution is 0.415. The minimum absolute atomic E-state index is 0.426. The number of nitrogens with one attached hydrogen (secondary N) is 1. The van der Waals surface area contributed by atoms with Gasteiger partial charge in [0.05, 0.1) is 17.3 Å². The van der Waals surface area contributed by atoms with Crippen LogP contribution in [0.3, 0.4) is 0 Å². The molecule has 4 heteroatoms. The zero-order chi connectivity index (χ0) is 12.0. The predicted octanol–water partition coefficient (Wildman–Crippen LogP) is 3.52. The summed E-state index contributed by atoms with van der Waals surface area (Å²) in [5.41, 5.74) is 1.46. The zero-order valence-electron chi connectivity index (χ0n) is 10.3. The van der Waals surface area contributed by atoms with Crippen LogP contribution in [-0.2, 0) is 0 Å². The van der Waals surface area contributed by atoms with Crippen LogP contribution in [0.2, 0.25) is 0 Å². The van der Waals surface area contributed by atoms with Crippen molar-refractivity contribution >= 4 is 26.7 Å². The topological polar surface area (TPSA) is 34.1 Å². The number of ether oxygens (including phenoxy) is 1. The molecule has 0 saturated heterocycles. The van der Waals surface area contributed by atoms with Crippen molar-refractivity contribution in [2.24, 2.45) is 5.41 Å². The van der Waals surface area contributed by atoms with Crippen molar-refractivity contribution in [3.05, 3.63) is 18.2 Å². The van der Waals surface area contributed by atoms with Gasteiger partial charge in [-0.15, -0.1) is 0 Å². The van der Waals surface area contributed by atoms with Gasteiger partial charge < -0.3 is 10.1 Å². The number of aromatic nitrogens is 1. The van der Waals surface area contributed by atoms with Crippen molar-refractivity contribution in [2.45, 2.75) is 26.3 Å². The van der Waals surface area contributed by atoms with E-state index in [4.69, 9.17) is 4.74 Å². The summed E-state index contributed by atoms with van der Waals surface area (Å²) in [4.78, 5) is 4.59. The second-order valence-corrected chi connectivity index (χ2v) is 6.27. The van der Waals surface area contributed by atoms with Crippen molar-refractivity contribution in [3.8, 4) is 5.75 Å². The lowest BCUT2D eigenvalue weighted by Gasteiger charge is -2.03. The van der Waals surface area contributed by atoms with Gasteiger partial charge in [-0.25, -0.2) is 4.98 Å². The fourth-order valence-corrected chi connectivity index (χ4v) is 2.90. The Kier molecular flexibility index (Phi) is 2.30. The predicted molar refractivity (Wildman–Crippen MR) is 72.0 cm³/mol. The van der Waals surface area contributed by atoms with Crippen molar-refractivity contribution in [1.29, 1.82) is 0 Å². The van der Waals surface area contributed by atoms with Gasteiger partial charge in [-0.3, -0.25) is 0 Å². The van der Waals surface area contributed by atoms with E-state index in [9.17, 15) is 0 Å². The monoisotopic (exact) mass is 248 g/mol. The van der Waals surface area contributed by atoms with E-state index < -0.39 is 0 Å². The highest BCUT2D eigenvalue weighted by molar-refractivity contribution is 7.22. The maximum atomic E-state index is 5.22.